The minimum absolute atomic E-state index is 0. The highest BCUT2D eigenvalue weighted by molar-refractivity contribution is 5.85. The van der Waals surface area contributed by atoms with E-state index in [0.29, 0.717) is 17.0 Å². The van der Waals surface area contributed by atoms with Crippen molar-refractivity contribution in [1.82, 2.24) is 0 Å². The van der Waals surface area contributed by atoms with E-state index in [-0.39, 0.29) is 24.2 Å². The minimum atomic E-state index is -0.122. The van der Waals surface area contributed by atoms with Crippen LogP contribution in [-0.4, -0.2) is 5.11 Å². The molecule has 3 nitrogen and oxygen atoms in total. The Morgan fingerprint density at radius 1 is 1.47 bits per heavy atom. The maximum Gasteiger partial charge on any atom is 0.138 e. The third kappa shape index (κ3) is 2.23. The van der Waals surface area contributed by atoms with Crippen molar-refractivity contribution in [2.75, 3.05) is 0 Å². The van der Waals surface area contributed by atoms with Crippen LogP contribution in [0.4, 0.5) is 0 Å². The number of rotatable bonds is 2. The average molecular weight is 225 g/mol. The Labute approximate surface area is 94.9 Å². The normalized spacial score (nSPS) is 16.3. The van der Waals surface area contributed by atoms with E-state index in [1.165, 1.54) is 0 Å². The lowest BCUT2D eigenvalue weighted by atomic mass is 10.00. The van der Waals surface area contributed by atoms with Gasteiger partial charge in [-0.1, -0.05) is 12.1 Å². The van der Waals surface area contributed by atoms with Crippen LogP contribution >= 0.6 is 12.4 Å². The van der Waals surface area contributed by atoms with Gasteiger partial charge in [0.1, 0.15) is 11.8 Å². The number of halogens is 1. The molecule has 0 unspecified atom stereocenters. The summed E-state index contributed by atoms with van der Waals surface area (Å²) in [5.74, 6) is 0.532. The van der Waals surface area contributed by atoms with Crippen molar-refractivity contribution in [3.05, 3.63) is 29.3 Å². The molecule has 1 fully saturated rings. The van der Waals surface area contributed by atoms with E-state index in [4.69, 9.17) is 11.0 Å². The zero-order valence-corrected chi connectivity index (χ0v) is 9.00. The number of hydrogen-bond acceptors (Lipinski definition) is 3. The molecular weight excluding hydrogens is 212 g/mol. The van der Waals surface area contributed by atoms with Crippen molar-refractivity contribution in [2.45, 2.75) is 18.9 Å². The molecule has 1 aliphatic carbocycles. The second kappa shape index (κ2) is 4.52. The molecule has 3 N–H and O–H groups in total. The van der Waals surface area contributed by atoms with Gasteiger partial charge in [0.25, 0.3) is 0 Å². The van der Waals surface area contributed by atoms with Gasteiger partial charge in [-0.2, -0.15) is 5.26 Å². The molecule has 1 atom stereocenters. The SMILES string of the molecule is Cl.N#Cc1cccc([C@H](N)C2CC2)c1O. The molecular formula is C11H13ClN2O. The monoisotopic (exact) mass is 224 g/mol. The molecule has 4 heteroatoms. The van der Waals surface area contributed by atoms with Gasteiger partial charge in [0.2, 0.25) is 0 Å². The summed E-state index contributed by atoms with van der Waals surface area (Å²) in [4.78, 5) is 0. The first kappa shape index (κ1) is 11.8. The average Bonchev–Trinajstić information content (AvgIpc) is 3.00. The predicted molar refractivity (Wildman–Crippen MR) is 59.7 cm³/mol. The molecule has 0 aliphatic heterocycles. The number of nitriles is 1. The van der Waals surface area contributed by atoms with Gasteiger partial charge in [-0.05, 0) is 24.8 Å². The highest BCUT2D eigenvalue weighted by atomic mass is 35.5. The van der Waals surface area contributed by atoms with Crippen LogP contribution in [0.5, 0.6) is 5.75 Å². The summed E-state index contributed by atoms with van der Waals surface area (Å²) in [7, 11) is 0. The van der Waals surface area contributed by atoms with Crippen LogP contribution < -0.4 is 5.73 Å². The Bertz CT molecular complexity index is 396. The molecule has 2 rings (SSSR count). The summed E-state index contributed by atoms with van der Waals surface area (Å²) in [6, 6.07) is 6.97. The minimum Gasteiger partial charge on any atom is -0.506 e. The number of nitrogens with zero attached hydrogens (tertiary/aromatic N) is 1. The number of benzene rings is 1. The molecule has 1 saturated carbocycles. The third-order valence-electron chi connectivity index (χ3n) is 2.68. The standard InChI is InChI=1S/C11H12N2O.ClH/c12-6-8-2-1-3-9(11(8)14)10(13)7-4-5-7;/h1-3,7,10,14H,4-5,13H2;1H/t10-;/m1./s1. The van der Waals surface area contributed by atoms with Crippen molar-refractivity contribution < 1.29 is 5.11 Å². The van der Waals surface area contributed by atoms with E-state index in [2.05, 4.69) is 0 Å². The maximum absolute atomic E-state index is 9.73. The van der Waals surface area contributed by atoms with Gasteiger partial charge < -0.3 is 10.8 Å². The molecule has 0 aromatic heterocycles. The number of aromatic hydroxyl groups is 1. The Balaban J connectivity index is 0.00000112. The van der Waals surface area contributed by atoms with Crippen molar-refractivity contribution in [3.8, 4) is 11.8 Å². The summed E-state index contributed by atoms with van der Waals surface area (Å²) in [5, 5.41) is 18.5. The van der Waals surface area contributed by atoms with Crippen LogP contribution in [0.3, 0.4) is 0 Å². The van der Waals surface area contributed by atoms with Gasteiger partial charge in [-0.3, -0.25) is 0 Å². The molecule has 0 heterocycles. The first-order valence-corrected chi connectivity index (χ1v) is 4.71. The third-order valence-corrected chi connectivity index (χ3v) is 2.68. The van der Waals surface area contributed by atoms with E-state index in [0.717, 1.165) is 12.8 Å². The highest BCUT2D eigenvalue weighted by Crippen LogP contribution is 2.42. The number of para-hydroxylation sites is 1. The summed E-state index contributed by atoms with van der Waals surface area (Å²) in [6.45, 7) is 0. The fraction of sp³-hybridized carbons (Fsp3) is 0.364. The molecule has 0 bridgehead atoms. The number of phenols is 1. The fourth-order valence-electron chi connectivity index (χ4n) is 1.63. The molecule has 0 amide bonds. The molecule has 0 radical (unpaired) electrons. The molecule has 0 saturated heterocycles. The zero-order valence-electron chi connectivity index (χ0n) is 8.18. The van der Waals surface area contributed by atoms with Crippen LogP contribution in [0, 0.1) is 17.2 Å². The first-order chi connectivity index (χ1) is 6.74. The van der Waals surface area contributed by atoms with Gasteiger partial charge >= 0.3 is 0 Å². The van der Waals surface area contributed by atoms with Gasteiger partial charge in [-0.25, -0.2) is 0 Å². The van der Waals surface area contributed by atoms with Crippen molar-refractivity contribution in [1.29, 1.82) is 5.26 Å². The van der Waals surface area contributed by atoms with E-state index in [9.17, 15) is 5.11 Å². The van der Waals surface area contributed by atoms with Crippen molar-refractivity contribution >= 4 is 12.4 Å². The Morgan fingerprint density at radius 3 is 2.67 bits per heavy atom. The smallest absolute Gasteiger partial charge is 0.138 e. The lowest BCUT2D eigenvalue weighted by Gasteiger charge is -2.12. The van der Waals surface area contributed by atoms with E-state index in [1.54, 1.807) is 18.2 Å². The summed E-state index contributed by atoms with van der Waals surface area (Å²) >= 11 is 0. The van der Waals surface area contributed by atoms with Crippen LogP contribution in [0.1, 0.15) is 30.0 Å². The molecule has 15 heavy (non-hydrogen) atoms. The summed E-state index contributed by atoms with van der Waals surface area (Å²) in [6.07, 6.45) is 2.24. The van der Waals surface area contributed by atoms with Gasteiger partial charge in [0.05, 0.1) is 5.56 Å². The molecule has 1 aliphatic rings. The van der Waals surface area contributed by atoms with E-state index in [1.807, 2.05) is 6.07 Å². The van der Waals surface area contributed by atoms with E-state index < -0.39 is 0 Å². The van der Waals surface area contributed by atoms with E-state index >= 15 is 0 Å². The number of nitrogens with two attached hydrogens (primary N) is 1. The number of phenolic OH excluding ortho intramolecular Hbond substituents is 1. The van der Waals surface area contributed by atoms with Gasteiger partial charge in [0.15, 0.2) is 0 Å². The molecule has 1 aromatic carbocycles. The van der Waals surface area contributed by atoms with Crippen LogP contribution in [0.25, 0.3) is 0 Å². The molecule has 1 aromatic rings. The van der Waals surface area contributed by atoms with Crippen LogP contribution in [0.2, 0.25) is 0 Å². The van der Waals surface area contributed by atoms with Crippen LogP contribution in [-0.2, 0) is 0 Å². The highest BCUT2D eigenvalue weighted by Gasteiger charge is 2.31. The Morgan fingerprint density at radius 2 is 2.13 bits per heavy atom. The topological polar surface area (TPSA) is 70.0 Å². The quantitative estimate of drug-likeness (QED) is 0.808. The van der Waals surface area contributed by atoms with Crippen LogP contribution in [0.15, 0.2) is 18.2 Å². The number of hydrogen-bond donors (Lipinski definition) is 2. The maximum atomic E-state index is 9.73. The lowest BCUT2D eigenvalue weighted by molar-refractivity contribution is 0.454. The Hall–Kier alpha value is -1.24. The summed E-state index contributed by atoms with van der Waals surface area (Å²) < 4.78 is 0. The zero-order chi connectivity index (χ0) is 10.1. The lowest BCUT2D eigenvalue weighted by Crippen LogP contribution is -2.12. The predicted octanol–water partition coefficient (Wildman–Crippen LogP) is 2.10. The van der Waals surface area contributed by atoms with Gasteiger partial charge in [0, 0.05) is 11.6 Å². The molecule has 0 spiro atoms. The second-order valence-corrected chi connectivity index (χ2v) is 3.72. The fourth-order valence-corrected chi connectivity index (χ4v) is 1.63. The second-order valence-electron chi connectivity index (χ2n) is 3.72. The van der Waals surface area contributed by atoms with Crippen molar-refractivity contribution in [3.63, 3.8) is 0 Å². The first-order valence-electron chi connectivity index (χ1n) is 4.71. The molecule has 80 valence electrons. The summed E-state index contributed by atoms with van der Waals surface area (Å²) in [5.41, 5.74) is 6.96. The van der Waals surface area contributed by atoms with Gasteiger partial charge in [-0.15, -0.1) is 12.4 Å². The Kier molecular flexibility index (Phi) is 3.57. The van der Waals surface area contributed by atoms with Crippen molar-refractivity contribution in [2.24, 2.45) is 11.7 Å². The largest absolute Gasteiger partial charge is 0.506 e.